The van der Waals surface area contributed by atoms with Gasteiger partial charge in [0.05, 0.1) is 0 Å². The number of imide groups is 1. The molecule has 1 saturated heterocycles. The van der Waals surface area contributed by atoms with E-state index in [1.54, 1.807) is 0 Å². The minimum absolute atomic E-state index is 0.217. The van der Waals surface area contributed by atoms with Crippen LogP contribution in [0.3, 0.4) is 0 Å². The van der Waals surface area contributed by atoms with Crippen LogP contribution in [-0.4, -0.2) is 34.8 Å². The van der Waals surface area contributed by atoms with Gasteiger partial charge in [0.1, 0.15) is 12.1 Å². The summed E-state index contributed by atoms with van der Waals surface area (Å²) in [5.41, 5.74) is 2.07. The van der Waals surface area contributed by atoms with E-state index in [-0.39, 0.29) is 30.2 Å². The number of nitrogens with one attached hydrogen (secondary N) is 2. The van der Waals surface area contributed by atoms with Crippen LogP contribution in [0.5, 0.6) is 0 Å². The Hall–Kier alpha value is -3.15. The summed E-state index contributed by atoms with van der Waals surface area (Å²) < 4.78 is 0. The van der Waals surface area contributed by atoms with E-state index in [1.165, 1.54) is 0 Å². The van der Waals surface area contributed by atoms with Gasteiger partial charge < -0.3 is 10.6 Å². The van der Waals surface area contributed by atoms with Crippen molar-refractivity contribution in [3.05, 3.63) is 65.7 Å². The van der Waals surface area contributed by atoms with Gasteiger partial charge in [-0.05, 0) is 61.1 Å². The molecule has 0 unspecified atom stereocenters. The molecule has 2 aliphatic carbocycles. The van der Waals surface area contributed by atoms with Gasteiger partial charge in [-0.15, -0.1) is 0 Å². The highest BCUT2D eigenvalue weighted by molar-refractivity contribution is 6.10. The van der Waals surface area contributed by atoms with Crippen molar-refractivity contribution in [1.82, 2.24) is 10.2 Å². The summed E-state index contributed by atoms with van der Waals surface area (Å²) in [4.78, 5) is 39.6. The summed E-state index contributed by atoms with van der Waals surface area (Å²) in [7, 11) is 0. The van der Waals surface area contributed by atoms with E-state index in [0.717, 1.165) is 41.7 Å². The van der Waals surface area contributed by atoms with Crippen molar-refractivity contribution in [3.8, 4) is 0 Å². The van der Waals surface area contributed by atoms with Crippen LogP contribution in [0, 0.1) is 11.8 Å². The van der Waals surface area contributed by atoms with Crippen LogP contribution in [0.1, 0.15) is 36.8 Å². The van der Waals surface area contributed by atoms with Crippen LogP contribution in [0.15, 0.2) is 54.6 Å². The van der Waals surface area contributed by atoms with E-state index < -0.39 is 11.6 Å². The molecule has 2 aromatic carbocycles. The fraction of sp³-hybridized carbons (Fsp3) is 0.375. The largest absolute Gasteiger partial charge is 0.325 e. The van der Waals surface area contributed by atoms with Gasteiger partial charge in [0, 0.05) is 5.69 Å². The first-order chi connectivity index (χ1) is 14.6. The number of amides is 4. The quantitative estimate of drug-likeness (QED) is 0.696. The Morgan fingerprint density at radius 3 is 2.27 bits per heavy atom. The molecular formula is C24H25N3O3. The van der Waals surface area contributed by atoms with Gasteiger partial charge in [-0.25, -0.2) is 4.79 Å². The second-order valence-electron chi connectivity index (χ2n) is 8.61. The zero-order chi connectivity index (χ0) is 20.7. The van der Waals surface area contributed by atoms with Crippen LogP contribution in [-0.2, 0) is 16.0 Å². The Kier molecular flexibility index (Phi) is 4.57. The molecule has 2 N–H and O–H groups in total. The Balaban J connectivity index is 1.29. The molecule has 0 bridgehead atoms. The van der Waals surface area contributed by atoms with Gasteiger partial charge in [-0.2, -0.15) is 0 Å². The molecule has 3 aliphatic rings. The van der Waals surface area contributed by atoms with Crippen LogP contribution in [0.25, 0.3) is 0 Å². The molecule has 0 atom stereocenters. The van der Waals surface area contributed by atoms with E-state index in [2.05, 4.69) is 10.6 Å². The molecule has 154 valence electrons. The maximum atomic E-state index is 13.2. The Morgan fingerprint density at radius 1 is 0.967 bits per heavy atom. The van der Waals surface area contributed by atoms with Crippen molar-refractivity contribution in [2.24, 2.45) is 11.8 Å². The van der Waals surface area contributed by atoms with E-state index in [4.69, 9.17) is 0 Å². The summed E-state index contributed by atoms with van der Waals surface area (Å²) in [5.74, 6) is -0.131. The monoisotopic (exact) mass is 403 g/mol. The molecule has 0 spiro atoms. The van der Waals surface area contributed by atoms with Gasteiger partial charge >= 0.3 is 6.03 Å². The first-order valence-corrected chi connectivity index (χ1v) is 10.6. The van der Waals surface area contributed by atoms with Gasteiger partial charge in [0.2, 0.25) is 5.91 Å². The average Bonchev–Trinajstić information content (AvgIpc) is 3.65. The Bertz CT molecular complexity index is 984. The molecule has 0 radical (unpaired) electrons. The zero-order valence-electron chi connectivity index (χ0n) is 16.8. The number of anilines is 1. The maximum Gasteiger partial charge on any atom is 0.325 e. The lowest BCUT2D eigenvalue weighted by Gasteiger charge is -2.26. The Morgan fingerprint density at radius 2 is 1.60 bits per heavy atom. The molecule has 4 amide bonds. The molecule has 6 nitrogen and oxygen atoms in total. The third-order valence-electron chi connectivity index (χ3n) is 6.43. The average molecular weight is 403 g/mol. The number of para-hydroxylation sites is 1. The van der Waals surface area contributed by atoms with Crippen LogP contribution in [0.4, 0.5) is 10.5 Å². The highest BCUT2D eigenvalue weighted by Gasteiger charge is 2.65. The van der Waals surface area contributed by atoms with Gasteiger partial charge in [-0.3, -0.25) is 14.5 Å². The minimum Gasteiger partial charge on any atom is -0.324 e. The molecule has 3 fully saturated rings. The maximum absolute atomic E-state index is 13.2. The van der Waals surface area contributed by atoms with Crippen LogP contribution < -0.4 is 10.6 Å². The fourth-order valence-electron chi connectivity index (χ4n) is 4.67. The number of nitrogens with zero attached hydrogens (tertiary/aromatic N) is 1. The molecule has 2 saturated carbocycles. The summed E-state index contributed by atoms with van der Waals surface area (Å²) in [6.45, 7) is -0.258. The molecular weight excluding hydrogens is 378 g/mol. The number of benzene rings is 2. The molecule has 0 aromatic heterocycles. The first kappa shape index (κ1) is 18.9. The summed E-state index contributed by atoms with van der Waals surface area (Å²) in [6, 6.07) is 17.2. The fourth-order valence-corrected chi connectivity index (χ4v) is 4.67. The molecule has 6 heteroatoms. The molecule has 30 heavy (non-hydrogen) atoms. The van der Waals surface area contributed by atoms with E-state index in [0.29, 0.717) is 12.1 Å². The van der Waals surface area contributed by atoms with Crippen LogP contribution >= 0.6 is 0 Å². The van der Waals surface area contributed by atoms with Crippen molar-refractivity contribution >= 4 is 23.5 Å². The number of rotatable bonds is 7. The topological polar surface area (TPSA) is 78.5 Å². The molecule has 1 heterocycles. The van der Waals surface area contributed by atoms with Gasteiger partial charge in [-0.1, -0.05) is 48.5 Å². The van der Waals surface area contributed by atoms with Crippen molar-refractivity contribution < 1.29 is 14.4 Å². The van der Waals surface area contributed by atoms with E-state index in [1.807, 2.05) is 54.6 Å². The summed E-state index contributed by atoms with van der Waals surface area (Å²) >= 11 is 0. The number of hydrogen-bond donors (Lipinski definition) is 2. The number of carbonyl (C=O) groups is 3. The Labute approximate surface area is 175 Å². The van der Waals surface area contributed by atoms with Crippen molar-refractivity contribution in [2.45, 2.75) is 37.6 Å². The highest BCUT2D eigenvalue weighted by Crippen LogP contribution is 2.54. The normalized spacial score (nSPS) is 20.2. The van der Waals surface area contributed by atoms with E-state index >= 15 is 0 Å². The lowest BCUT2D eigenvalue weighted by atomic mass is 9.87. The zero-order valence-corrected chi connectivity index (χ0v) is 16.8. The first-order valence-electron chi connectivity index (χ1n) is 10.6. The minimum atomic E-state index is -0.761. The third kappa shape index (κ3) is 3.36. The van der Waals surface area contributed by atoms with Crippen LogP contribution in [0.2, 0.25) is 0 Å². The smallest absolute Gasteiger partial charge is 0.324 e. The SMILES string of the molecule is O=C(CN1C(=O)NC(C2CC2)(C2CC2)C1=O)Nc1ccccc1Cc1ccccc1. The second-order valence-corrected chi connectivity index (χ2v) is 8.61. The second kappa shape index (κ2) is 7.27. The molecule has 5 rings (SSSR count). The number of urea groups is 1. The highest BCUT2D eigenvalue weighted by atomic mass is 16.2. The summed E-state index contributed by atoms with van der Waals surface area (Å²) in [6.07, 6.45) is 4.56. The number of carbonyl (C=O) groups excluding carboxylic acids is 3. The molecule has 2 aromatic rings. The lowest BCUT2D eigenvalue weighted by Crippen LogP contribution is -2.51. The standard InChI is InChI=1S/C24H25N3O3/c28-21(25-20-9-5-4-8-17(20)14-16-6-2-1-3-7-16)15-27-22(29)24(18-10-11-18,19-12-13-19)26-23(27)30/h1-9,18-19H,10-15H2,(H,25,28)(H,26,30). The van der Waals surface area contributed by atoms with Crippen molar-refractivity contribution in [2.75, 3.05) is 11.9 Å². The molecule has 1 aliphatic heterocycles. The summed E-state index contributed by atoms with van der Waals surface area (Å²) in [5, 5.41) is 5.86. The number of hydrogen-bond acceptors (Lipinski definition) is 3. The van der Waals surface area contributed by atoms with Gasteiger partial charge in [0.15, 0.2) is 0 Å². The third-order valence-corrected chi connectivity index (χ3v) is 6.43. The van der Waals surface area contributed by atoms with Gasteiger partial charge in [0.25, 0.3) is 5.91 Å². The van der Waals surface area contributed by atoms with E-state index in [9.17, 15) is 14.4 Å². The van der Waals surface area contributed by atoms with Crippen molar-refractivity contribution in [3.63, 3.8) is 0 Å². The predicted molar refractivity (Wildman–Crippen MR) is 113 cm³/mol. The van der Waals surface area contributed by atoms with Crippen molar-refractivity contribution in [1.29, 1.82) is 0 Å². The predicted octanol–water partition coefficient (Wildman–Crippen LogP) is 3.33. The lowest BCUT2D eigenvalue weighted by molar-refractivity contribution is -0.135.